The van der Waals surface area contributed by atoms with Gasteiger partial charge in [0.2, 0.25) is 5.91 Å². The predicted molar refractivity (Wildman–Crippen MR) is 91.3 cm³/mol. The van der Waals surface area contributed by atoms with Gasteiger partial charge in [-0.1, -0.05) is 6.92 Å². The number of hydrogen-bond donors (Lipinski definition) is 1. The van der Waals surface area contributed by atoms with E-state index in [1.807, 2.05) is 32.0 Å². The number of carbonyl (C=O) groups is 2. The minimum atomic E-state index is -0.308. The third-order valence-electron chi connectivity index (χ3n) is 2.93. The Labute approximate surface area is 139 Å². The number of benzene rings is 1. The molecule has 1 aromatic rings. The van der Waals surface area contributed by atoms with Crippen LogP contribution in [0.15, 0.2) is 18.2 Å². The average Bonchev–Trinajstić information content (AvgIpc) is 2.41. The fourth-order valence-corrected chi connectivity index (χ4v) is 2.48. The van der Waals surface area contributed by atoms with Crippen molar-refractivity contribution >= 4 is 40.2 Å². The van der Waals surface area contributed by atoms with Crippen molar-refractivity contribution in [2.24, 2.45) is 0 Å². The first-order valence-electron chi connectivity index (χ1n) is 6.90. The highest BCUT2D eigenvalue weighted by molar-refractivity contribution is 14.1. The normalized spacial score (nSPS) is 10.5. The number of hydrogen-bond acceptors (Lipinski definition) is 4. The highest BCUT2D eigenvalue weighted by atomic mass is 127. The second-order valence-corrected chi connectivity index (χ2v) is 5.86. The minimum absolute atomic E-state index is 0.128. The van der Waals surface area contributed by atoms with Crippen molar-refractivity contribution in [3.8, 4) is 0 Å². The van der Waals surface area contributed by atoms with Gasteiger partial charge in [0.1, 0.15) is 0 Å². The van der Waals surface area contributed by atoms with Crippen LogP contribution in [0.5, 0.6) is 0 Å². The van der Waals surface area contributed by atoms with Crippen LogP contribution in [0.3, 0.4) is 0 Å². The molecule has 0 heterocycles. The number of aryl methyl sites for hydroxylation is 1. The largest absolute Gasteiger partial charge is 0.465 e. The molecule has 0 aromatic heterocycles. The van der Waals surface area contributed by atoms with E-state index < -0.39 is 0 Å². The Morgan fingerprint density at radius 1 is 1.29 bits per heavy atom. The molecule has 6 heteroatoms. The van der Waals surface area contributed by atoms with Crippen LogP contribution in [0.2, 0.25) is 0 Å². The summed E-state index contributed by atoms with van der Waals surface area (Å²) in [6.45, 7) is 6.88. The first-order chi connectivity index (χ1) is 9.96. The van der Waals surface area contributed by atoms with Crippen molar-refractivity contribution in [2.45, 2.75) is 20.8 Å². The van der Waals surface area contributed by atoms with Crippen molar-refractivity contribution in [1.29, 1.82) is 0 Å². The summed E-state index contributed by atoms with van der Waals surface area (Å²) in [5.41, 5.74) is 1.82. The van der Waals surface area contributed by atoms with E-state index in [1.165, 1.54) is 0 Å². The molecule has 1 rings (SSSR count). The van der Waals surface area contributed by atoms with E-state index in [-0.39, 0.29) is 25.0 Å². The van der Waals surface area contributed by atoms with Crippen molar-refractivity contribution in [3.05, 3.63) is 27.3 Å². The van der Waals surface area contributed by atoms with Gasteiger partial charge >= 0.3 is 5.97 Å². The molecule has 0 spiro atoms. The molecule has 0 aliphatic carbocycles. The second kappa shape index (κ2) is 8.99. The number of likely N-dealkylation sites (N-methyl/N-ethyl adjacent to an activating group) is 1. The molecule has 5 nitrogen and oxygen atoms in total. The summed E-state index contributed by atoms with van der Waals surface area (Å²) in [7, 11) is 0. The number of nitrogens with zero attached hydrogens (tertiary/aromatic N) is 1. The van der Waals surface area contributed by atoms with Crippen LogP contribution in [-0.2, 0) is 14.3 Å². The highest BCUT2D eigenvalue weighted by Gasteiger charge is 2.14. The molecule has 1 N–H and O–H groups in total. The summed E-state index contributed by atoms with van der Waals surface area (Å²) >= 11 is 2.23. The molecule has 0 unspecified atom stereocenters. The highest BCUT2D eigenvalue weighted by Crippen LogP contribution is 2.17. The first kappa shape index (κ1) is 17.9. The molecule has 0 saturated carbocycles. The van der Waals surface area contributed by atoms with Crippen LogP contribution in [0, 0.1) is 10.5 Å². The number of nitrogens with one attached hydrogen (secondary N) is 1. The zero-order valence-electron chi connectivity index (χ0n) is 12.6. The van der Waals surface area contributed by atoms with E-state index in [2.05, 4.69) is 27.9 Å². The van der Waals surface area contributed by atoms with Gasteiger partial charge in [0.15, 0.2) is 0 Å². The molecule has 0 bridgehead atoms. The second-order valence-electron chi connectivity index (χ2n) is 4.62. The van der Waals surface area contributed by atoms with E-state index in [4.69, 9.17) is 4.74 Å². The smallest absolute Gasteiger partial charge is 0.320 e. The molecule has 0 saturated heterocycles. The summed E-state index contributed by atoms with van der Waals surface area (Å²) in [5.74, 6) is -0.442. The topological polar surface area (TPSA) is 58.6 Å². The molecule has 21 heavy (non-hydrogen) atoms. The van der Waals surface area contributed by atoms with Gasteiger partial charge < -0.3 is 10.1 Å². The van der Waals surface area contributed by atoms with Crippen LogP contribution in [0.4, 0.5) is 5.69 Å². The lowest BCUT2D eigenvalue weighted by atomic mass is 10.2. The number of ether oxygens (including phenoxy) is 1. The lowest BCUT2D eigenvalue weighted by Gasteiger charge is -2.19. The maximum atomic E-state index is 12.1. The fourth-order valence-electron chi connectivity index (χ4n) is 1.83. The van der Waals surface area contributed by atoms with Crippen LogP contribution in [-0.4, -0.2) is 43.0 Å². The summed E-state index contributed by atoms with van der Waals surface area (Å²) in [4.78, 5) is 25.2. The average molecular weight is 404 g/mol. The Morgan fingerprint density at radius 2 is 2.00 bits per heavy atom. The summed E-state index contributed by atoms with van der Waals surface area (Å²) in [5, 5.41) is 2.87. The molecule has 0 radical (unpaired) electrons. The van der Waals surface area contributed by atoms with Gasteiger partial charge in [-0.2, -0.15) is 0 Å². The molecule has 1 aromatic carbocycles. The third kappa shape index (κ3) is 6.43. The fraction of sp³-hybridized carbons (Fsp3) is 0.467. The Kier molecular flexibility index (Phi) is 7.66. The van der Waals surface area contributed by atoms with Crippen LogP contribution in [0.25, 0.3) is 0 Å². The van der Waals surface area contributed by atoms with E-state index in [0.29, 0.717) is 13.2 Å². The molecule has 0 aliphatic heterocycles. The lowest BCUT2D eigenvalue weighted by molar-refractivity contribution is -0.144. The Hall–Kier alpha value is -1.15. The van der Waals surface area contributed by atoms with Crippen molar-refractivity contribution in [2.75, 3.05) is 31.6 Å². The van der Waals surface area contributed by atoms with Crippen LogP contribution >= 0.6 is 22.6 Å². The molecule has 1 amide bonds. The Bertz CT molecular complexity index is 506. The number of carbonyl (C=O) groups excluding carboxylic acids is 2. The number of esters is 1. The molecule has 0 aliphatic rings. The van der Waals surface area contributed by atoms with Gasteiger partial charge in [0.05, 0.1) is 19.7 Å². The zero-order chi connectivity index (χ0) is 15.8. The Morgan fingerprint density at radius 3 is 2.57 bits per heavy atom. The van der Waals surface area contributed by atoms with Crippen molar-refractivity contribution < 1.29 is 14.3 Å². The Balaban J connectivity index is 2.56. The molecule has 116 valence electrons. The van der Waals surface area contributed by atoms with E-state index in [9.17, 15) is 9.59 Å². The predicted octanol–water partition coefficient (Wildman–Crippen LogP) is 2.42. The van der Waals surface area contributed by atoms with Crippen LogP contribution in [0.1, 0.15) is 19.4 Å². The number of rotatable bonds is 7. The zero-order valence-corrected chi connectivity index (χ0v) is 14.8. The lowest BCUT2D eigenvalue weighted by Crippen LogP contribution is -2.37. The van der Waals surface area contributed by atoms with Crippen LogP contribution < -0.4 is 5.32 Å². The number of amides is 1. The van der Waals surface area contributed by atoms with E-state index in [1.54, 1.807) is 11.8 Å². The molecule has 0 atom stereocenters. The summed E-state index contributed by atoms with van der Waals surface area (Å²) in [6, 6.07) is 5.84. The van der Waals surface area contributed by atoms with Gasteiger partial charge in [-0.3, -0.25) is 14.5 Å². The first-order valence-corrected chi connectivity index (χ1v) is 7.98. The molecule has 0 fully saturated rings. The van der Waals surface area contributed by atoms with Crippen molar-refractivity contribution in [1.82, 2.24) is 4.90 Å². The van der Waals surface area contributed by atoms with Gasteiger partial charge in [0, 0.05) is 9.26 Å². The third-order valence-corrected chi connectivity index (χ3v) is 3.61. The van der Waals surface area contributed by atoms with E-state index in [0.717, 1.165) is 14.8 Å². The monoisotopic (exact) mass is 404 g/mol. The SMILES string of the molecule is CCOC(=O)CN(CC)CC(=O)Nc1ccc(I)cc1C. The van der Waals surface area contributed by atoms with Crippen molar-refractivity contribution in [3.63, 3.8) is 0 Å². The molecular weight excluding hydrogens is 383 g/mol. The number of halogens is 1. The quantitative estimate of drug-likeness (QED) is 0.560. The van der Waals surface area contributed by atoms with Gasteiger partial charge in [-0.05, 0) is 66.7 Å². The van der Waals surface area contributed by atoms with E-state index >= 15 is 0 Å². The summed E-state index contributed by atoms with van der Waals surface area (Å²) in [6.07, 6.45) is 0. The maximum absolute atomic E-state index is 12.1. The standard InChI is InChI=1S/C15H21IN2O3/c1-4-18(10-15(20)21-5-2)9-14(19)17-13-7-6-12(16)8-11(13)3/h6-8H,4-5,9-10H2,1-3H3,(H,17,19). The van der Waals surface area contributed by atoms with Gasteiger partial charge in [0.25, 0.3) is 0 Å². The maximum Gasteiger partial charge on any atom is 0.320 e. The van der Waals surface area contributed by atoms with Gasteiger partial charge in [-0.25, -0.2) is 0 Å². The molecular formula is C15H21IN2O3. The minimum Gasteiger partial charge on any atom is -0.465 e. The number of anilines is 1. The summed E-state index contributed by atoms with van der Waals surface area (Å²) < 4.78 is 6.02. The van der Waals surface area contributed by atoms with Gasteiger partial charge in [-0.15, -0.1) is 0 Å².